The van der Waals surface area contributed by atoms with Crippen LogP contribution in [0.5, 0.6) is 0 Å². The van der Waals surface area contributed by atoms with Gasteiger partial charge in [-0.2, -0.15) is 0 Å². The van der Waals surface area contributed by atoms with E-state index in [-0.39, 0.29) is 5.91 Å². The van der Waals surface area contributed by atoms with Crippen molar-refractivity contribution >= 4 is 53.8 Å². The Balaban J connectivity index is 1.77. The number of hydrogen-bond donors (Lipinski definition) is 0. The first kappa shape index (κ1) is 14.4. The maximum absolute atomic E-state index is 12.9. The lowest BCUT2D eigenvalue weighted by Gasteiger charge is -2.20. The molecule has 4 aromatic rings. The summed E-state index contributed by atoms with van der Waals surface area (Å²) in [5, 5.41) is 1.25. The van der Waals surface area contributed by atoms with E-state index in [1.165, 1.54) is 19.5 Å². The molecule has 4 heteroatoms. The summed E-state index contributed by atoms with van der Waals surface area (Å²) in [6.45, 7) is 2.67. The van der Waals surface area contributed by atoms with Gasteiger partial charge in [-0.25, -0.2) is 0 Å². The molecule has 0 spiro atoms. The van der Waals surface area contributed by atoms with Crippen molar-refractivity contribution < 1.29 is 4.79 Å². The van der Waals surface area contributed by atoms with E-state index < -0.39 is 0 Å². The molecule has 2 nitrogen and oxygen atoms in total. The fraction of sp³-hybridized carbons (Fsp3) is 0.105. The van der Waals surface area contributed by atoms with Crippen molar-refractivity contribution in [2.45, 2.75) is 6.92 Å². The zero-order chi connectivity index (χ0) is 15.8. The summed E-state index contributed by atoms with van der Waals surface area (Å²) >= 11 is 3.35. The summed E-state index contributed by atoms with van der Waals surface area (Å²) in [6, 6.07) is 20.3. The van der Waals surface area contributed by atoms with Gasteiger partial charge in [0.15, 0.2) is 0 Å². The van der Waals surface area contributed by atoms with E-state index >= 15 is 0 Å². The third-order valence-corrected chi connectivity index (χ3v) is 6.29. The number of fused-ring (bicyclic) bond motifs is 3. The lowest BCUT2D eigenvalue weighted by molar-refractivity contribution is 0.0992. The third kappa shape index (κ3) is 2.44. The average Bonchev–Trinajstić information content (AvgIpc) is 3.14. The van der Waals surface area contributed by atoms with E-state index in [4.69, 9.17) is 0 Å². The van der Waals surface area contributed by atoms with E-state index in [1.807, 2.05) is 48.2 Å². The molecule has 2 aromatic heterocycles. The fourth-order valence-electron chi connectivity index (χ4n) is 2.79. The number of thiophene rings is 2. The highest BCUT2D eigenvalue weighted by molar-refractivity contribution is 7.33. The van der Waals surface area contributed by atoms with E-state index in [0.29, 0.717) is 6.54 Å². The molecule has 0 saturated heterocycles. The smallest absolute Gasteiger partial charge is 0.268 e. The Bertz CT molecular complexity index is 984. The predicted molar refractivity (Wildman–Crippen MR) is 101 cm³/mol. The molecule has 0 fully saturated rings. The SMILES string of the molecule is CCN(C(=O)c1cc2sc3ccccc3c2s1)c1ccccc1. The van der Waals surface area contributed by atoms with Gasteiger partial charge in [0.1, 0.15) is 0 Å². The zero-order valence-electron chi connectivity index (χ0n) is 12.7. The topological polar surface area (TPSA) is 20.3 Å². The summed E-state index contributed by atoms with van der Waals surface area (Å²) < 4.78 is 3.70. The molecule has 0 bridgehead atoms. The van der Waals surface area contributed by atoms with Crippen molar-refractivity contribution in [2.24, 2.45) is 0 Å². The minimum Gasteiger partial charge on any atom is -0.308 e. The molecule has 1 amide bonds. The molecule has 0 aliphatic rings. The summed E-state index contributed by atoms with van der Waals surface area (Å²) in [5.74, 6) is 0.0798. The Morgan fingerprint density at radius 2 is 1.70 bits per heavy atom. The summed E-state index contributed by atoms with van der Waals surface area (Å²) in [6.07, 6.45) is 0. The number of amides is 1. The highest BCUT2D eigenvalue weighted by Gasteiger charge is 2.20. The van der Waals surface area contributed by atoms with E-state index in [0.717, 1.165) is 10.6 Å². The van der Waals surface area contributed by atoms with Gasteiger partial charge in [0, 0.05) is 27.0 Å². The minimum atomic E-state index is 0.0798. The van der Waals surface area contributed by atoms with Crippen LogP contribution in [0.15, 0.2) is 60.7 Å². The van der Waals surface area contributed by atoms with Gasteiger partial charge < -0.3 is 4.90 Å². The van der Waals surface area contributed by atoms with Crippen molar-refractivity contribution in [3.63, 3.8) is 0 Å². The Morgan fingerprint density at radius 3 is 2.48 bits per heavy atom. The van der Waals surface area contributed by atoms with Crippen molar-refractivity contribution in [3.05, 3.63) is 65.5 Å². The van der Waals surface area contributed by atoms with Crippen LogP contribution in [-0.4, -0.2) is 12.5 Å². The molecular weight excluding hydrogens is 322 g/mol. The van der Waals surface area contributed by atoms with Gasteiger partial charge in [0.05, 0.1) is 9.58 Å². The first-order valence-electron chi connectivity index (χ1n) is 7.56. The second kappa shape index (κ2) is 5.80. The van der Waals surface area contributed by atoms with Crippen LogP contribution in [-0.2, 0) is 0 Å². The third-order valence-electron chi connectivity index (χ3n) is 3.89. The lowest BCUT2D eigenvalue weighted by Crippen LogP contribution is -2.29. The predicted octanol–water partition coefficient (Wildman–Crippen LogP) is 5.78. The van der Waals surface area contributed by atoms with E-state index in [2.05, 4.69) is 24.3 Å². The van der Waals surface area contributed by atoms with Gasteiger partial charge in [-0.3, -0.25) is 4.79 Å². The first-order valence-corrected chi connectivity index (χ1v) is 9.19. The molecule has 2 heterocycles. The van der Waals surface area contributed by atoms with Gasteiger partial charge in [0.2, 0.25) is 0 Å². The zero-order valence-corrected chi connectivity index (χ0v) is 14.3. The molecule has 0 saturated carbocycles. The number of anilines is 1. The Hall–Kier alpha value is -2.17. The maximum atomic E-state index is 12.9. The number of rotatable bonds is 3. The fourth-order valence-corrected chi connectivity index (χ4v) is 5.26. The largest absolute Gasteiger partial charge is 0.308 e. The Labute approximate surface area is 142 Å². The second-order valence-electron chi connectivity index (χ2n) is 5.29. The Kier molecular flexibility index (Phi) is 3.63. The van der Waals surface area contributed by atoms with Gasteiger partial charge in [-0.15, -0.1) is 22.7 Å². The van der Waals surface area contributed by atoms with Gasteiger partial charge in [-0.05, 0) is 31.2 Å². The van der Waals surface area contributed by atoms with Crippen LogP contribution in [0.3, 0.4) is 0 Å². The van der Waals surface area contributed by atoms with Crippen LogP contribution >= 0.6 is 22.7 Å². The molecule has 4 rings (SSSR count). The van der Waals surface area contributed by atoms with Gasteiger partial charge >= 0.3 is 0 Å². The highest BCUT2D eigenvalue weighted by atomic mass is 32.1. The molecule has 114 valence electrons. The second-order valence-corrected chi connectivity index (χ2v) is 7.42. The summed E-state index contributed by atoms with van der Waals surface area (Å²) in [5.41, 5.74) is 0.946. The first-order chi connectivity index (χ1) is 11.3. The van der Waals surface area contributed by atoms with Crippen molar-refractivity contribution in [1.82, 2.24) is 0 Å². The normalized spacial score (nSPS) is 11.2. The molecule has 0 aliphatic carbocycles. The van der Waals surface area contributed by atoms with E-state index in [9.17, 15) is 4.79 Å². The van der Waals surface area contributed by atoms with Crippen LogP contribution < -0.4 is 4.90 Å². The molecule has 23 heavy (non-hydrogen) atoms. The van der Waals surface area contributed by atoms with Gasteiger partial charge in [0.25, 0.3) is 5.91 Å². The number of hydrogen-bond acceptors (Lipinski definition) is 3. The van der Waals surface area contributed by atoms with E-state index in [1.54, 1.807) is 22.7 Å². The molecule has 0 radical (unpaired) electrons. The summed E-state index contributed by atoms with van der Waals surface area (Å²) in [7, 11) is 0. The van der Waals surface area contributed by atoms with Crippen LogP contribution in [0.2, 0.25) is 0 Å². The molecule has 0 atom stereocenters. The molecule has 0 N–H and O–H groups in total. The van der Waals surface area contributed by atoms with Crippen LogP contribution in [0.25, 0.3) is 19.5 Å². The number of nitrogens with zero attached hydrogens (tertiary/aromatic N) is 1. The van der Waals surface area contributed by atoms with Crippen molar-refractivity contribution in [1.29, 1.82) is 0 Å². The van der Waals surface area contributed by atoms with Crippen LogP contribution in [0.1, 0.15) is 16.6 Å². The highest BCUT2D eigenvalue weighted by Crippen LogP contribution is 2.39. The molecule has 0 aliphatic heterocycles. The lowest BCUT2D eigenvalue weighted by atomic mass is 10.2. The molecular formula is C19H15NOS2. The molecule has 2 aromatic carbocycles. The standard InChI is InChI=1S/C19H15NOS2/c1-2-20(13-8-4-3-5-9-13)19(21)17-12-16-18(23-17)14-10-6-7-11-15(14)22-16/h3-12H,2H2,1H3. The number of para-hydroxylation sites is 1. The average molecular weight is 337 g/mol. The number of benzene rings is 2. The number of carbonyl (C=O) groups excluding carboxylic acids is 1. The van der Waals surface area contributed by atoms with Crippen molar-refractivity contribution in [3.8, 4) is 0 Å². The summed E-state index contributed by atoms with van der Waals surface area (Å²) in [4.78, 5) is 15.6. The quantitative estimate of drug-likeness (QED) is 0.464. The van der Waals surface area contributed by atoms with Crippen molar-refractivity contribution in [2.75, 3.05) is 11.4 Å². The minimum absolute atomic E-state index is 0.0798. The maximum Gasteiger partial charge on any atom is 0.268 e. The molecule has 0 unspecified atom stereocenters. The Morgan fingerprint density at radius 1 is 0.957 bits per heavy atom. The van der Waals surface area contributed by atoms with Gasteiger partial charge in [-0.1, -0.05) is 36.4 Å². The van der Waals surface area contributed by atoms with Crippen LogP contribution in [0.4, 0.5) is 5.69 Å². The number of carbonyl (C=O) groups is 1. The van der Waals surface area contributed by atoms with Crippen LogP contribution in [0, 0.1) is 0 Å². The monoisotopic (exact) mass is 337 g/mol.